The standard InChI is InChI=1S/C11H20N2O/c1-6(5-14)13-10-7-2-8-4-12-11(10)9(8)3-7/h6-14H,2-5H2,1H3. The van der Waals surface area contributed by atoms with Crippen molar-refractivity contribution in [1.29, 1.82) is 0 Å². The van der Waals surface area contributed by atoms with Crippen molar-refractivity contribution in [3.05, 3.63) is 0 Å². The first-order valence-electron chi connectivity index (χ1n) is 5.90. The van der Waals surface area contributed by atoms with Crippen molar-refractivity contribution in [3.63, 3.8) is 0 Å². The molecule has 1 aliphatic heterocycles. The van der Waals surface area contributed by atoms with Gasteiger partial charge in [0.1, 0.15) is 0 Å². The molecular formula is C11H20N2O. The van der Waals surface area contributed by atoms with Crippen molar-refractivity contribution in [2.75, 3.05) is 13.2 Å². The lowest BCUT2D eigenvalue weighted by Gasteiger charge is -2.30. The first kappa shape index (κ1) is 9.13. The Morgan fingerprint density at radius 3 is 3.07 bits per heavy atom. The normalized spacial score (nSPS) is 51.4. The number of nitrogens with one attached hydrogen (secondary N) is 2. The van der Waals surface area contributed by atoms with E-state index in [2.05, 4.69) is 17.6 Å². The highest BCUT2D eigenvalue weighted by Crippen LogP contribution is 2.51. The molecule has 0 aromatic rings. The number of aliphatic hydroxyl groups is 1. The van der Waals surface area contributed by atoms with Crippen LogP contribution in [0.2, 0.25) is 0 Å². The number of aliphatic hydroxyl groups excluding tert-OH is 1. The molecule has 0 radical (unpaired) electrons. The van der Waals surface area contributed by atoms with E-state index in [1.807, 2.05) is 0 Å². The summed E-state index contributed by atoms with van der Waals surface area (Å²) in [4.78, 5) is 0. The predicted octanol–water partition coefficient (Wildman–Crippen LogP) is -0.0468. The van der Waals surface area contributed by atoms with Gasteiger partial charge in [-0.3, -0.25) is 0 Å². The minimum atomic E-state index is 0.250. The topological polar surface area (TPSA) is 44.3 Å². The van der Waals surface area contributed by atoms with Gasteiger partial charge in [-0.05, 0) is 44.1 Å². The molecular weight excluding hydrogens is 176 g/mol. The maximum Gasteiger partial charge on any atom is 0.0582 e. The summed E-state index contributed by atoms with van der Waals surface area (Å²) < 4.78 is 0. The van der Waals surface area contributed by atoms with E-state index in [1.165, 1.54) is 19.4 Å². The second kappa shape index (κ2) is 3.19. The SMILES string of the molecule is CC(CO)NC1C2CC3CNC1C3C2. The Balaban J connectivity index is 1.70. The smallest absolute Gasteiger partial charge is 0.0582 e. The molecule has 3 fully saturated rings. The van der Waals surface area contributed by atoms with Crippen LogP contribution in [0.3, 0.4) is 0 Å². The first-order chi connectivity index (χ1) is 6.79. The summed E-state index contributed by atoms with van der Waals surface area (Å²) in [5.41, 5.74) is 0. The summed E-state index contributed by atoms with van der Waals surface area (Å²) in [5.74, 6) is 2.77. The maximum atomic E-state index is 9.05. The van der Waals surface area contributed by atoms with Gasteiger partial charge < -0.3 is 15.7 Å². The lowest BCUT2D eigenvalue weighted by atomic mass is 9.86. The van der Waals surface area contributed by atoms with Gasteiger partial charge >= 0.3 is 0 Å². The second-order valence-electron chi connectivity index (χ2n) is 5.37. The van der Waals surface area contributed by atoms with Gasteiger partial charge in [-0.1, -0.05) is 0 Å². The van der Waals surface area contributed by atoms with Crippen LogP contribution >= 0.6 is 0 Å². The van der Waals surface area contributed by atoms with E-state index < -0.39 is 0 Å². The van der Waals surface area contributed by atoms with Crippen molar-refractivity contribution in [3.8, 4) is 0 Å². The third kappa shape index (κ3) is 1.16. The monoisotopic (exact) mass is 196 g/mol. The summed E-state index contributed by atoms with van der Waals surface area (Å²) >= 11 is 0. The molecule has 3 nitrogen and oxygen atoms in total. The highest BCUT2D eigenvalue weighted by molar-refractivity contribution is 5.12. The zero-order chi connectivity index (χ0) is 9.71. The van der Waals surface area contributed by atoms with Gasteiger partial charge in [-0.15, -0.1) is 0 Å². The van der Waals surface area contributed by atoms with Crippen molar-refractivity contribution in [2.24, 2.45) is 17.8 Å². The van der Waals surface area contributed by atoms with Crippen molar-refractivity contribution in [2.45, 2.75) is 37.9 Å². The van der Waals surface area contributed by atoms with Crippen LogP contribution in [0.5, 0.6) is 0 Å². The van der Waals surface area contributed by atoms with Gasteiger partial charge in [0, 0.05) is 18.1 Å². The van der Waals surface area contributed by atoms with E-state index >= 15 is 0 Å². The fourth-order valence-corrected chi connectivity index (χ4v) is 3.92. The van der Waals surface area contributed by atoms with Gasteiger partial charge in [0.2, 0.25) is 0 Å². The van der Waals surface area contributed by atoms with Crippen LogP contribution in [0.25, 0.3) is 0 Å². The zero-order valence-electron chi connectivity index (χ0n) is 8.74. The minimum Gasteiger partial charge on any atom is -0.395 e. The Bertz CT molecular complexity index is 231. The van der Waals surface area contributed by atoms with Crippen LogP contribution in [0.15, 0.2) is 0 Å². The minimum absolute atomic E-state index is 0.250. The average Bonchev–Trinajstić information content (AvgIpc) is 2.76. The van der Waals surface area contributed by atoms with Gasteiger partial charge in [-0.25, -0.2) is 0 Å². The largest absolute Gasteiger partial charge is 0.395 e. The molecule has 3 N–H and O–H groups in total. The number of fused-ring (bicyclic) bond motifs is 1. The molecule has 6 atom stereocenters. The third-order valence-corrected chi connectivity index (χ3v) is 4.51. The molecule has 2 aliphatic carbocycles. The molecule has 3 aliphatic rings. The quantitative estimate of drug-likeness (QED) is 0.593. The van der Waals surface area contributed by atoms with Gasteiger partial charge in [0.05, 0.1) is 6.61 Å². The number of rotatable bonds is 3. The summed E-state index contributed by atoms with van der Waals surface area (Å²) in [6.45, 7) is 3.56. The Hall–Kier alpha value is -0.120. The Labute approximate surface area is 85.3 Å². The summed E-state index contributed by atoms with van der Waals surface area (Å²) in [6, 6.07) is 1.58. The third-order valence-electron chi connectivity index (χ3n) is 4.51. The molecule has 0 aromatic carbocycles. The second-order valence-corrected chi connectivity index (χ2v) is 5.37. The van der Waals surface area contributed by atoms with Crippen LogP contribution < -0.4 is 10.6 Å². The fourth-order valence-electron chi connectivity index (χ4n) is 3.92. The molecule has 14 heavy (non-hydrogen) atoms. The Morgan fingerprint density at radius 2 is 2.29 bits per heavy atom. The average molecular weight is 196 g/mol. The van der Waals surface area contributed by atoms with Crippen molar-refractivity contribution < 1.29 is 5.11 Å². The maximum absolute atomic E-state index is 9.05. The van der Waals surface area contributed by atoms with E-state index in [1.54, 1.807) is 0 Å². The van der Waals surface area contributed by atoms with E-state index in [9.17, 15) is 0 Å². The fraction of sp³-hybridized carbons (Fsp3) is 1.00. The van der Waals surface area contributed by atoms with Crippen LogP contribution in [-0.2, 0) is 0 Å². The molecule has 0 spiro atoms. The first-order valence-corrected chi connectivity index (χ1v) is 5.90. The lowest BCUT2D eigenvalue weighted by Crippen LogP contribution is -2.51. The molecule has 6 unspecified atom stereocenters. The van der Waals surface area contributed by atoms with Gasteiger partial charge in [0.25, 0.3) is 0 Å². The van der Waals surface area contributed by atoms with Crippen LogP contribution in [-0.4, -0.2) is 36.4 Å². The molecule has 2 saturated carbocycles. The van der Waals surface area contributed by atoms with E-state index in [0.29, 0.717) is 12.1 Å². The predicted molar refractivity (Wildman–Crippen MR) is 55.0 cm³/mol. The molecule has 80 valence electrons. The van der Waals surface area contributed by atoms with E-state index in [4.69, 9.17) is 5.11 Å². The number of hydrogen-bond donors (Lipinski definition) is 3. The van der Waals surface area contributed by atoms with E-state index in [0.717, 1.165) is 17.8 Å². The van der Waals surface area contributed by atoms with Crippen LogP contribution in [0, 0.1) is 17.8 Å². The highest BCUT2D eigenvalue weighted by atomic mass is 16.3. The molecule has 0 aromatic heterocycles. The van der Waals surface area contributed by atoms with Gasteiger partial charge in [-0.2, -0.15) is 0 Å². The molecule has 3 heteroatoms. The summed E-state index contributed by atoms with van der Waals surface area (Å²) in [7, 11) is 0. The summed E-state index contributed by atoms with van der Waals surface area (Å²) in [5, 5.41) is 16.3. The van der Waals surface area contributed by atoms with Crippen molar-refractivity contribution in [1.82, 2.24) is 10.6 Å². The lowest BCUT2D eigenvalue weighted by molar-refractivity contribution is 0.211. The molecule has 2 bridgehead atoms. The molecule has 1 saturated heterocycles. The molecule has 0 amide bonds. The Morgan fingerprint density at radius 1 is 1.43 bits per heavy atom. The highest BCUT2D eigenvalue weighted by Gasteiger charge is 2.55. The summed E-state index contributed by atoms with van der Waals surface area (Å²) in [6.07, 6.45) is 2.82. The zero-order valence-corrected chi connectivity index (χ0v) is 8.74. The van der Waals surface area contributed by atoms with Crippen LogP contribution in [0.4, 0.5) is 0 Å². The number of hydrogen-bond acceptors (Lipinski definition) is 3. The van der Waals surface area contributed by atoms with Crippen molar-refractivity contribution >= 4 is 0 Å². The van der Waals surface area contributed by atoms with Crippen LogP contribution in [0.1, 0.15) is 19.8 Å². The molecule has 1 heterocycles. The van der Waals surface area contributed by atoms with E-state index in [-0.39, 0.29) is 12.6 Å². The van der Waals surface area contributed by atoms with Gasteiger partial charge in [0.15, 0.2) is 0 Å². The Kier molecular flexibility index (Phi) is 2.08. The molecule has 3 rings (SSSR count).